The molecule has 0 aliphatic heterocycles. The first-order valence-electron chi connectivity index (χ1n) is 22.5. The van der Waals surface area contributed by atoms with Gasteiger partial charge in [-0.15, -0.1) is 0 Å². The Balaban J connectivity index is 1.24. The summed E-state index contributed by atoms with van der Waals surface area (Å²) in [4.78, 5) is 5.46. The first-order valence-corrected chi connectivity index (χ1v) is 22.5. The summed E-state index contributed by atoms with van der Waals surface area (Å²) in [5.74, 6) is 3.92. The average molecular weight is 797 g/mol. The maximum atomic E-state index is 11.4. The van der Waals surface area contributed by atoms with E-state index in [2.05, 4.69) is 141 Å². The van der Waals surface area contributed by atoms with Crippen molar-refractivity contribution in [3.8, 4) is 28.6 Å². The third kappa shape index (κ3) is 8.73. The highest BCUT2D eigenvalue weighted by molar-refractivity contribution is 6.24. The van der Waals surface area contributed by atoms with Gasteiger partial charge in [-0.25, -0.2) is 4.98 Å². The zero-order valence-electron chi connectivity index (χ0n) is 35.9. The van der Waals surface area contributed by atoms with Crippen molar-refractivity contribution >= 4 is 43.7 Å². The molecule has 0 fully saturated rings. The number of hydrogen-bond acceptors (Lipinski definition) is 4. The van der Waals surface area contributed by atoms with E-state index in [1.165, 1.54) is 54.9 Å². The predicted molar refractivity (Wildman–Crippen MR) is 252 cm³/mol. The number of rotatable bonds is 18. The van der Waals surface area contributed by atoms with Crippen molar-refractivity contribution in [2.45, 2.75) is 91.5 Å². The molecule has 0 saturated heterocycles. The molecule has 3 atom stereocenters. The van der Waals surface area contributed by atoms with Crippen LogP contribution >= 0.6 is 0 Å². The fourth-order valence-corrected chi connectivity index (χ4v) is 8.97. The maximum absolute atomic E-state index is 11.4. The van der Waals surface area contributed by atoms with Crippen LogP contribution < -0.4 is 9.47 Å². The van der Waals surface area contributed by atoms with Gasteiger partial charge in [0.15, 0.2) is 0 Å². The predicted octanol–water partition coefficient (Wildman–Crippen LogP) is 15.0. The van der Waals surface area contributed by atoms with Crippen LogP contribution in [-0.4, -0.2) is 27.9 Å². The lowest BCUT2D eigenvalue weighted by molar-refractivity contribution is 0.233. The van der Waals surface area contributed by atoms with Gasteiger partial charge in [-0.2, -0.15) is 0 Å². The van der Waals surface area contributed by atoms with Crippen LogP contribution in [0.2, 0.25) is 0 Å². The van der Waals surface area contributed by atoms with Gasteiger partial charge in [0.2, 0.25) is 0 Å². The fraction of sp³-hybridized carbons (Fsp3) is 0.327. The molecule has 3 unspecified atom stereocenters. The van der Waals surface area contributed by atoms with Crippen molar-refractivity contribution in [2.24, 2.45) is 11.8 Å². The van der Waals surface area contributed by atoms with Gasteiger partial charge in [-0.1, -0.05) is 163 Å². The number of fused-ring (bicyclic) bond motifs is 6. The molecule has 0 spiro atoms. The van der Waals surface area contributed by atoms with Gasteiger partial charge in [-0.3, -0.25) is 0 Å². The van der Waals surface area contributed by atoms with Crippen LogP contribution in [0.25, 0.3) is 55.1 Å². The van der Waals surface area contributed by atoms with Crippen LogP contribution in [0.4, 0.5) is 0 Å². The molecule has 0 bridgehead atoms. The number of imidazole rings is 1. The van der Waals surface area contributed by atoms with E-state index in [-0.39, 0.29) is 11.8 Å². The van der Waals surface area contributed by atoms with Gasteiger partial charge >= 0.3 is 0 Å². The molecule has 1 aliphatic rings. The number of phenols is 1. The molecule has 7 aromatic rings. The summed E-state index contributed by atoms with van der Waals surface area (Å²) >= 11 is 0. The van der Waals surface area contributed by atoms with Crippen molar-refractivity contribution in [3.05, 3.63) is 145 Å². The highest BCUT2D eigenvalue weighted by Crippen LogP contribution is 2.45. The van der Waals surface area contributed by atoms with Crippen LogP contribution in [0.5, 0.6) is 17.2 Å². The lowest BCUT2D eigenvalue weighted by atomic mass is 9.87. The highest BCUT2D eigenvalue weighted by Gasteiger charge is 2.28. The van der Waals surface area contributed by atoms with Crippen LogP contribution in [0.15, 0.2) is 133 Å². The number of benzene rings is 6. The van der Waals surface area contributed by atoms with Crippen molar-refractivity contribution < 1.29 is 14.6 Å². The molecule has 8 rings (SSSR count). The number of nitrogens with zero attached hydrogens (tertiary/aromatic N) is 2. The molecular weight excluding hydrogens is 737 g/mol. The molecule has 0 amide bonds. The third-order valence-electron chi connectivity index (χ3n) is 12.6. The van der Waals surface area contributed by atoms with E-state index in [4.69, 9.17) is 14.5 Å². The quantitative estimate of drug-likeness (QED) is 0.0879. The van der Waals surface area contributed by atoms with Crippen molar-refractivity contribution in [2.75, 3.05) is 13.2 Å². The largest absolute Gasteiger partial charge is 0.507 e. The van der Waals surface area contributed by atoms with E-state index >= 15 is 0 Å². The Morgan fingerprint density at radius 1 is 0.633 bits per heavy atom. The topological polar surface area (TPSA) is 56.5 Å². The lowest BCUT2D eigenvalue weighted by Gasteiger charge is -2.27. The molecule has 5 nitrogen and oxygen atoms in total. The summed E-state index contributed by atoms with van der Waals surface area (Å²) in [6, 6.07) is 42.0. The van der Waals surface area contributed by atoms with Crippen LogP contribution in [0.3, 0.4) is 0 Å². The molecule has 1 N–H and O–H groups in total. The number of ether oxygens (including phenoxy) is 2. The van der Waals surface area contributed by atoms with E-state index in [1.54, 1.807) is 6.07 Å². The first kappa shape index (κ1) is 40.9. The Labute approximate surface area is 356 Å². The van der Waals surface area contributed by atoms with Crippen LogP contribution in [0, 0.1) is 11.8 Å². The second-order valence-corrected chi connectivity index (χ2v) is 16.7. The van der Waals surface area contributed by atoms with Gasteiger partial charge in [0.25, 0.3) is 0 Å². The minimum atomic E-state index is -0.121. The Hall–Kier alpha value is -5.81. The Kier molecular flexibility index (Phi) is 13.0. The lowest BCUT2D eigenvalue weighted by Crippen LogP contribution is -2.13. The van der Waals surface area contributed by atoms with Gasteiger partial charge < -0.3 is 19.1 Å². The normalized spacial score (nSPS) is 15.2. The molecule has 60 heavy (non-hydrogen) atoms. The van der Waals surface area contributed by atoms with Gasteiger partial charge in [0.05, 0.1) is 35.9 Å². The standard InChI is InChI=1S/C55H60N2O3/c1-5-9-17-38(7-3)36-59-45-29-25-40(26-30-45)42-33-43(41-27-31-46(32-28-41)60-37-39(8-4)18-10-6-2)35-44(34-42)57-54-50-22-14-12-20-48(50)47-19-11-13-21-49(47)53(54)56-55(57)51-23-15-16-24-52(51)58/h11-16,19-34,38-39,44,58H,5-10,17-18,35-37H2,1-4H3. The average Bonchev–Trinajstić information content (AvgIpc) is 3.71. The molecule has 0 radical (unpaired) electrons. The van der Waals surface area contributed by atoms with Crippen molar-refractivity contribution in [1.29, 1.82) is 0 Å². The zero-order valence-corrected chi connectivity index (χ0v) is 35.9. The SMILES string of the molecule is CCCCC(CC)COc1ccc(C2=CC(n3c(-c4ccccc4O)nc4c5ccccc5c5ccccc5c43)CC(c3ccc(OCC(CC)CCCC)cc3)=C2)cc1. The second-order valence-electron chi connectivity index (χ2n) is 16.7. The summed E-state index contributed by atoms with van der Waals surface area (Å²) in [7, 11) is 0. The number of hydrogen-bond donors (Lipinski definition) is 1. The summed E-state index contributed by atoms with van der Waals surface area (Å²) in [6.07, 6.45) is 15.1. The Morgan fingerprint density at radius 2 is 1.17 bits per heavy atom. The second kappa shape index (κ2) is 19.1. The summed E-state index contributed by atoms with van der Waals surface area (Å²) < 4.78 is 15.1. The van der Waals surface area contributed by atoms with Crippen LogP contribution in [0.1, 0.15) is 103 Å². The van der Waals surface area contributed by atoms with Gasteiger partial charge in [0.1, 0.15) is 23.1 Å². The first-order chi connectivity index (χ1) is 29.5. The van der Waals surface area contributed by atoms with E-state index in [9.17, 15) is 5.11 Å². The van der Waals surface area contributed by atoms with Gasteiger partial charge in [0, 0.05) is 10.8 Å². The van der Waals surface area contributed by atoms with Crippen molar-refractivity contribution in [3.63, 3.8) is 0 Å². The molecule has 308 valence electrons. The Bertz CT molecular complexity index is 2600. The van der Waals surface area contributed by atoms with Crippen molar-refractivity contribution in [1.82, 2.24) is 9.55 Å². The fourth-order valence-electron chi connectivity index (χ4n) is 8.97. The van der Waals surface area contributed by atoms with E-state index < -0.39 is 0 Å². The smallest absolute Gasteiger partial charge is 0.145 e. The van der Waals surface area contributed by atoms with Crippen LogP contribution in [-0.2, 0) is 0 Å². The maximum Gasteiger partial charge on any atom is 0.145 e. The minimum Gasteiger partial charge on any atom is -0.507 e. The molecule has 1 aliphatic carbocycles. The molecule has 1 aromatic heterocycles. The molecule has 6 aromatic carbocycles. The Morgan fingerprint density at radius 3 is 1.75 bits per heavy atom. The molecule has 5 heteroatoms. The third-order valence-corrected chi connectivity index (χ3v) is 12.6. The minimum absolute atomic E-state index is 0.121. The number of phenolic OH excluding ortho intramolecular Hbond substituents is 1. The van der Waals surface area contributed by atoms with Gasteiger partial charge in [-0.05, 0) is 101 Å². The van der Waals surface area contributed by atoms with E-state index in [1.807, 2.05) is 18.2 Å². The number of para-hydroxylation sites is 1. The molecule has 0 saturated carbocycles. The monoisotopic (exact) mass is 796 g/mol. The number of aromatic nitrogens is 2. The number of unbranched alkanes of at least 4 members (excludes halogenated alkanes) is 2. The van der Waals surface area contributed by atoms with E-state index in [0.717, 1.165) is 88.3 Å². The molecular formula is C55H60N2O3. The molecule has 1 heterocycles. The zero-order chi connectivity index (χ0) is 41.4. The number of allylic oxidation sites excluding steroid dienone is 4. The summed E-state index contributed by atoms with van der Waals surface area (Å²) in [6.45, 7) is 10.5. The summed E-state index contributed by atoms with van der Waals surface area (Å²) in [5.41, 5.74) is 7.38. The number of aromatic hydroxyl groups is 1. The van der Waals surface area contributed by atoms with E-state index in [0.29, 0.717) is 17.4 Å². The highest BCUT2D eigenvalue weighted by atomic mass is 16.5. The summed E-state index contributed by atoms with van der Waals surface area (Å²) in [5, 5.41) is 16.0.